The van der Waals surface area contributed by atoms with E-state index in [1.54, 1.807) is 18.2 Å². The highest BCUT2D eigenvalue weighted by molar-refractivity contribution is 5.59. The monoisotopic (exact) mass is 274 g/mol. The molecule has 0 amide bonds. The summed E-state index contributed by atoms with van der Waals surface area (Å²) in [6, 6.07) is 6.59. The van der Waals surface area contributed by atoms with Gasteiger partial charge in [0.05, 0.1) is 5.69 Å². The molecular weight excluding hydrogens is 257 g/mol. The second kappa shape index (κ2) is 5.69. The fourth-order valence-electron chi connectivity index (χ4n) is 2.25. The van der Waals surface area contributed by atoms with Gasteiger partial charge in [-0.05, 0) is 18.6 Å². The Morgan fingerprint density at radius 3 is 2.79 bits per heavy atom. The van der Waals surface area contributed by atoms with Crippen LogP contribution in [-0.4, -0.2) is 32.0 Å². The molecule has 0 aromatic heterocycles. The molecule has 3 nitrogen and oxygen atoms in total. The maximum atomic E-state index is 12.4. The summed E-state index contributed by atoms with van der Waals surface area (Å²) in [6.45, 7) is 4.18. The van der Waals surface area contributed by atoms with E-state index < -0.39 is 6.36 Å². The van der Waals surface area contributed by atoms with Gasteiger partial charge in [0.1, 0.15) is 0 Å². The Balaban J connectivity index is 2.19. The molecule has 0 bridgehead atoms. The smallest absolute Gasteiger partial charge is 0.404 e. The number of para-hydroxylation sites is 2. The molecule has 1 atom stereocenters. The first-order valence-corrected chi connectivity index (χ1v) is 6.32. The molecule has 0 saturated carbocycles. The van der Waals surface area contributed by atoms with E-state index in [4.69, 9.17) is 0 Å². The third-order valence-electron chi connectivity index (χ3n) is 3.18. The van der Waals surface area contributed by atoms with Gasteiger partial charge in [-0.3, -0.25) is 0 Å². The Hall–Kier alpha value is -1.43. The number of rotatable bonds is 3. The van der Waals surface area contributed by atoms with E-state index in [0.717, 1.165) is 13.0 Å². The van der Waals surface area contributed by atoms with Crippen LogP contribution in [0.4, 0.5) is 18.9 Å². The van der Waals surface area contributed by atoms with Crippen molar-refractivity contribution in [3.05, 3.63) is 24.3 Å². The van der Waals surface area contributed by atoms with Crippen molar-refractivity contribution in [3.8, 4) is 5.75 Å². The molecule has 106 valence electrons. The third kappa shape index (κ3) is 3.76. The van der Waals surface area contributed by atoms with Crippen LogP contribution in [0, 0.1) is 0 Å². The minimum Gasteiger partial charge on any atom is -0.404 e. The molecule has 1 heterocycles. The van der Waals surface area contributed by atoms with Gasteiger partial charge in [-0.15, -0.1) is 13.2 Å². The third-order valence-corrected chi connectivity index (χ3v) is 3.18. The molecule has 19 heavy (non-hydrogen) atoms. The van der Waals surface area contributed by atoms with Crippen molar-refractivity contribution < 1.29 is 17.9 Å². The molecule has 1 N–H and O–H groups in total. The molecule has 1 aliphatic rings. The predicted molar refractivity (Wildman–Crippen MR) is 67.4 cm³/mol. The number of hydrogen-bond acceptors (Lipinski definition) is 3. The number of benzene rings is 1. The first-order valence-electron chi connectivity index (χ1n) is 6.32. The quantitative estimate of drug-likeness (QED) is 0.917. The van der Waals surface area contributed by atoms with E-state index in [1.165, 1.54) is 6.07 Å². The Labute approximate surface area is 110 Å². The number of hydrogen-bond donors (Lipinski definition) is 1. The molecular formula is C13H17F3N2O. The van der Waals surface area contributed by atoms with Crippen molar-refractivity contribution in [2.45, 2.75) is 25.7 Å². The van der Waals surface area contributed by atoms with Crippen LogP contribution in [0.3, 0.4) is 0 Å². The number of ether oxygens (including phenoxy) is 1. The number of nitrogens with zero attached hydrogens (tertiary/aromatic N) is 1. The molecule has 1 fully saturated rings. The summed E-state index contributed by atoms with van der Waals surface area (Å²) in [7, 11) is 0. The minimum atomic E-state index is -4.66. The highest BCUT2D eigenvalue weighted by Crippen LogP contribution is 2.33. The first kappa shape index (κ1) is 14.0. The largest absolute Gasteiger partial charge is 0.573 e. The van der Waals surface area contributed by atoms with Gasteiger partial charge in [-0.1, -0.05) is 19.1 Å². The highest BCUT2D eigenvalue weighted by Gasteiger charge is 2.33. The van der Waals surface area contributed by atoms with Gasteiger partial charge in [0.2, 0.25) is 0 Å². The van der Waals surface area contributed by atoms with Crippen LogP contribution < -0.4 is 15.0 Å². The predicted octanol–water partition coefficient (Wildman–Crippen LogP) is 2.77. The van der Waals surface area contributed by atoms with E-state index >= 15 is 0 Å². The van der Waals surface area contributed by atoms with Crippen LogP contribution in [0.25, 0.3) is 0 Å². The first-order chi connectivity index (χ1) is 8.99. The summed E-state index contributed by atoms with van der Waals surface area (Å²) in [5.74, 6) is -0.133. The van der Waals surface area contributed by atoms with E-state index in [2.05, 4.69) is 17.0 Å². The fourth-order valence-corrected chi connectivity index (χ4v) is 2.25. The molecule has 1 unspecified atom stereocenters. The van der Waals surface area contributed by atoms with Crippen molar-refractivity contribution in [3.63, 3.8) is 0 Å². The van der Waals surface area contributed by atoms with Crippen molar-refractivity contribution in [1.82, 2.24) is 5.32 Å². The van der Waals surface area contributed by atoms with Crippen LogP contribution in [0.5, 0.6) is 5.75 Å². The second-order valence-corrected chi connectivity index (χ2v) is 4.52. The number of halogens is 3. The summed E-state index contributed by atoms with van der Waals surface area (Å²) in [6.07, 6.45) is -3.72. The van der Waals surface area contributed by atoms with Crippen LogP contribution in [0.2, 0.25) is 0 Å². The summed E-state index contributed by atoms with van der Waals surface area (Å²) in [5, 5.41) is 3.33. The summed E-state index contributed by atoms with van der Waals surface area (Å²) < 4.78 is 41.2. The minimum absolute atomic E-state index is 0.133. The molecule has 0 radical (unpaired) electrons. The van der Waals surface area contributed by atoms with E-state index in [9.17, 15) is 13.2 Å². The average Bonchev–Trinajstić information content (AvgIpc) is 2.37. The van der Waals surface area contributed by atoms with Gasteiger partial charge in [0.25, 0.3) is 0 Å². The fraction of sp³-hybridized carbons (Fsp3) is 0.538. The topological polar surface area (TPSA) is 24.5 Å². The van der Waals surface area contributed by atoms with Crippen LogP contribution in [0.1, 0.15) is 13.3 Å². The Morgan fingerprint density at radius 1 is 1.37 bits per heavy atom. The molecule has 0 aliphatic carbocycles. The number of nitrogens with one attached hydrogen (secondary N) is 1. The normalized spacial score (nSPS) is 20.4. The van der Waals surface area contributed by atoms with Gasteiger partial charge in [-0.25, -0.2) is 0 Å². The SMILES string of the molecule is CCC1CN(c2ccccc2OC(F)(F)F)CCN1. The van der Waals surface area contributed by atoms with Crippen LogP contribution in [-0.2, 0) is 0 Å². The lowest BCUT2D eigenvalue weighted by atomic mass is 10.1. The molecule has 1 saturated heterocycles. The molecule has 2 rings (SSSR count). The molecule has 6 heteroatoms. The van der Waals surface area contributed by atoms with Crippen LogP contribution >= 0.6 is 0 Å². The zero-order chi connectivity index (χ0) is 13.9. The molecule has 1 aromatic carbocycles. The number of alkyl halides is 3. The van der Waals surface area contributed by atoms with E-state index in [1.807, 2.05) is 4.90 Å². The lowest BCUT2D eigenvalue weighted by molar-refractivity contribution is -0.274. The van der Waals surface area contributed by atoms with Crippen molar-refractivity contribution in [2.24, 2.45) is 0 Å². The second-order valence-electron chi connectivity index (χ2n) is 4.52. The molecule has 0 spiro atoms. The highest BCUT2D eigenvalue weighted by atomic mass is 19.4. The zero-order valence-corrected chi connectivity index (χ0v) is 10.7. The maximum Gasteiger partial charge on any atom is 0.573 e. The summed E-state index contributed by atoms with van der Waals surface area (Å²) >= 11 is 0. The van der Waals surface area contributed by atoms with Gasteiger partial charge in [0, 0.05) is 25.7 Å². The van der Waals surface area contributed by atoms with Gasteiger partial charge in [0.15, 0.2) is 5.75 Å². The zero-order valence-electron chi connectivity index (χ0n) is 10.7. The number of anilines is 1. The van der Waals surface area contributed by atoms with Gasteiger partial charge in [-0.2, -0.15) is 0 Å². The summed E-state index contributed by atoms with van der Waals surface area (Å²) in [4.78, 5) is 1.94. The van der Waals surface area contributed by atoms with Crippen LogP contribution in [0.15, 0.2) is 24.3 Å². The summed E-state index contributed by atoms with van der Waals surface area (Å²) in [5.41, 5.74) is 0.500. The number of piperazine rings is 1. The molecule has 1 aliphatic heterocycles. The lowest BCUT2D eigenvalue weighted by Crippen LogP contribution is -2.50. The Kier molecular flexibility index (Phi) is 4.19. The van der Waals surface area contributed by atoms with Gasteiger partial charge >= 0.3 is 6.36 Å². The maximum absolute atomic E-state index is 12.4. The van der Waals surface area contributed by atoms with Gasteiger partial charge < -0.3 is 15.0 Å². The Bertz CT molecular complexity index is 423. The Morgan fingerprint density at radius 2 is 2.11 bits per heavy atom. The van der Waals surface area contributed by atoms with E-state index in [-0.39, 0.29) is 5.75 Å². The standard InChI is InChI=1S/C13H17F3N2O/c1-2-10-9-18(8-7-17-10)11-5-3-4-6-12(11)19-13(14,15)16/h3-6,10,17H,2,7-9H2,1H3. The lowest BCUT2D eigenvalue weighted by Gasteiger charge is -2.35. The van der Waals surface area contributed by atoms with Crippen molar-refractivity contribution in [2.75, 3.05) is 24.5 Å². The average molecular weight is 274 g/mol. The molecule has 1 aromatic rings. The van der Waals surface area contributed by atoms with Crippen molar-refractivity contribution >= 4 is 5.69 Å². The van der Waals surface area contributed by atoms with Crippen molar-refractivity contribution in [1.29, 1.82) is 0 Å². The van der Waals surface area contributed by atoms with E-state index in [0.29, 0.717) is 24.8 Å².